The van der Waals surface area contributed by atoms with Crippen LogP contribution in [0.25, 0.3) is 0 Å². The van der Waals surface area contributed by atoms with Crippen molar-refractivity contribution in [3.8, 4) is 0 Å². The minimum Gasteiger partial charge on any atom is -0.0654 e. The van der Waals surface area contributed by atoms with Crippen molar-refractivity contribution in [1.82, 2.24) is 0 Å². The van der Waals surface area contributed by atoms with Crippen molar-refractivity contribution in [1.29, 1.82) is 0 Å². The number of benzene rings is 1. The van der Waals surface area contributed by atoms with Crippen LogP contribution in [0.1, 0.15) is 83.1 Å². The molecule has 2 fully saturated rings. The van der Waals surface area contributed by atoms with Crippen molar-refractivity contribution in [2.75, 3.05) is 0 Å². The Bertz CT molecular complexity index is 419. The zero-order chi connectivity index (χ0) is 15.9. The van der Waals surface area contributed by atoms with Gasteiger partial charge in [-0.1, -0.05) is 75.8 Å². The average molecular weight is 313 g/mol. The fourth-order valence-electron chi connectivity index (χ4n) is 5.32. The number of hydrogen-bond donors (Lipinski definition) is 0. The fourth-order valence-corrected chi connectivity index (χ4v) is 5.32. The van der Waals surface area contributed by atoms with Gasteiger partial charge in [-0.15, -0.1) is 0 Å². The van der Waals surface area contributed by atoms with E-state index in [-0.39, 0.29) is 0 Å². The molecule has 0 nitrogen and oxygen atoms in total. The summed E-state index contributed by atoms with van der Waals surface area (Å²) in [4.78, 5) is 0. The Labute approximate surface area is 144 Å². The van der Waals surface area contributed by atoms with Crippen LogP contribution in [0.3, 0.4) is 0 Å². The Morgan fingerprint density at radius 2 is 1.22 bits per heavy atom. The molecular formula is C23H36. The lowest BCUT2D eigenvalue weighted by Crippen LogP contribution is -2.26. The molecule has 3 rings (SSSR count). The second kappa shape index (κ2) is 8.90. The van der Waals surface area contributed by atoms with Crippen molar-refractivity contribution in [2.24, 2.45) is 23.7 Å². The lowest BCUT2D eigenvalue weighted by Gasteiger charge is -2.38. The zero-order valence-electron chi connectivity index (χ0n) is 15.2. The van der Waals surface area contributed by atoms with Gasteiger partial charge in [-0.25, -0.2) is 0 Å². The third-order valence-corrected chi connectivity index (χ3v) is 6.83. The molecule has 128 valence electrons. The lowest BCUT2D eigenvalue weighted by atomic mass is 9.68. The molecule has 1 aromatic rings. The Morgan fingerprint density at radius 3 is 1.74 bits per heavy atom. The van der Waals surface area contributed by atoms with Crippen LogP contribution in [0.5, 0.6) is 0 Å². The van der Waals surface area contributed by atoms with Gasteiger partial charge >= 0.3 is 0 Å². The quantitative estimate of drug-likeness (QED) is 0.529. The Balaban J connectivity index is 1.36. The van der Waals surface area contributed by atoms with Crippen LogP contribution in [0.15, 0.2) is 30.3 Å². The molecule has 0 unspecified atom stereocenters. The summed E-state index contributed by atoms with van der Waals surface area (Å²) < 4.78 is 0. The van der Waals surface area contributed by atoms with Gasteiger partial charge in [-0.05, 0) is 67.8 Å². The molecule has 1 aromatic carbocycles. The Morgan fingerprint density at radius 1 is 0.696 bits per heavy atom. The van der Waals surface area contributed by atoms with E-state index in [1.54, 1.807) is 12.8 Å². The highest BCUT2D eigenvalue weighted by molar-refractivity contribution is 5.14. The second-order valence-corrected chi connectivity index (χ2v) is 8.37. The largest absolute Gasteiger partial charge is 0.0654 e. The maximum absolute atomic E-state index is 2.35. The maximum atomic E-state index is 2.35. The monoisotopic (exact) mass is 312 g/mol. The van der Waals surface area contributed by atoms with Gasteiger partial charge in [0.1, 0.15) is 0 Å². The van der Waals surface area contributed by atoms with Gasteiger partial charge < -0.3 is 0 Å². The molecule has 0 saturated heterocycles. The molecule has 2 aliphatic rings. The highest BCUT2D eigenvalue weighted by Crippen LogP contribution is 2.42. The van der Waals surface area contributed by atoms with Gasteiger partial charge in [-0.3, -0.25) is 0 Å². The summed E-state index contributed by atoms with van der Waals surface area (Å²) in [6, 6.07) is 11.1. The van der Waals surface area contributed by atoms with Crippen LogP contribution in [-0.2, 0) is 6.42 Å². The molecule has 0 aliphatic heterocycles. The normalized spacial score (nSPS) is 31.9. The standard InChI is InChI=1S/C23H36/c1-2-6-19-11-15-22(16-12-19)23-17-13-21(14-18-23)10-9-20-7-4-3-5-8-20/h3-5,7-8,19,21-23H,2,6,9-18H2,1H3/t19-,21-,22-,23-. The molecule has 23 heavy (non-hydrogen) atoms. The first-order chi connectivity index (χ1) is 11.3. The van der Waals surface area contributed by atoms with Gasteiger partial charge in [0.25, 0.3) is 0 Å². The Kier molecular flexibility index (Phi) is 6.60. The third-order valence-electron chi connectivity index (χ3n) is 6.83. The third kappa shape index (κ3) is 5.10. The maximum Gasteiger partial charge on any atom is -0.0276 e. The van der Waals surface area contributed by atoms with Crippen molar-refractivity contribution in [2.45, 2.75) is 84.0 Å². The van der Waals surface area contributed by atoms with E-state index in [0.29, 0.717) is 0 Å². The summed E-state index contributed by atoms with van der Waals surface area (Å²) in [5, 5.41) is 0. The van der Waals surface area contributed by atoms with E-state index in [1.807, 2.05) is 0 Å². The summed E-state index contributed by atoms with van der Waals surface area (Å²) in [7, 11) is 0. The first-order valence-electron chi connectivity index (χ1n) is 10.4. The topological polar surface area (TPSA) is 0 Å². The molecule has 0 radical (unpaired) electrons. The van der Waals surface area contributed by atoms with Gasteiger partial charge in [-0.2, -0.15) is 0 Å². The molecule has 0 heteroatoms. The molecule has 2 aliphatic carbocycles. The highest BCUT2D eigenvalue weighted by atomic mass is 14.4. The van der Waals surface area contributed by atoms with Crippen LogP contribution in [-0.4, -0.2) is 0 Å². The number of aryl methyl sites for hydroxylation is 1. The molecule has 0 amide bonds. The highest BCUT2D eigenvalue weighted by Gasteiger charge is 2.30. The molecule has 0 spiro atoms. The van der Waals surface area contributed by atoms with Gasteiger partial charge in [0, 0.05) is 0 Å². The molecule has 0 N–H and O–H groups in total. The van der Waals surface area contributed by atoms with E-state index >= 15 is 0 Å². The summed E-state index contributed by atoms with van der Waals surface area (Å²) in [6.45, 7) is 2.35. The number of rotatable bonds is 6. The van der Waals surface area contributed by atoms with Gasteiger partial charge in [0.15, 0.2) is 0 Å². The minimum atomic E-state index is 1.00. The summed E-state index contributed by atoms with van der Waals surface area (Å²) in [5.74, 6) is 4.23. The van der Waals surface area contributed by atoms with E-state index in [0.717, 1.165) is 23.7 Å². The summed E-state index contributed by atoms with van der Waals surface area (Å²) in [6.07, 6.45) is 17.8. The first kappa shape index (κ1) is 17.1. The average Bonchev–Trinajstić information content (AvgIpc) is 2.62. The fraction of sp³-hybridized carbons (Fsp3) is 0.739. The molecule has 0 atom stereocenters. The molecular weight excluding hydrogens is 276 g/mol. The minimum absolute atomic E-state index is 1.00. The van der Waals surface area contributed by atoms with E-state index < -0.39 is 0 Å². The van der Waals surface area contributed by atoms with Crippen molar-refractivity contribution in [3.05, 3.63) is 35.9 Å². The van der Waals surface area contributed by atoms with Crippen LogP contribution < -0.4 is 0 Å². The molecule has 0 aromatic heterocycles. The SMILES string of the molecule is CCC[C@H]1CC[C@H]([C@H]2CC[C@H](CCc3ccccc3)CC2)CC1. The predicted molar refractivity (Wildman–Crippen MR) is 101 cm³/mol. The smallest absolute Gasteiger partial charge is 0.0276 e. The van der Waals surface area contributed by atoms with Gasteiger partial charge in [0.05, 0.1) is 0 Å². The molecule has 0 heterocycles. The van der Waals surface area contributed by atoms with Crippen LogP contribution in [0.2, 0.25) is 0 Å². The second-order valence-electron chi connectivity index (χ2n) is 8.37. The van der Waals surface area contributed by atoms with Gasteiger partial charge in [0.2, 0.25) is 0 Å². The zero-order valence-corrected chi connectivity index (χ0v) is 15.2. The van der Waals surface area contributed by atoms with Crippen molar-refractivity contribution >= 4 is 0 Å². The van der Waals surface area contributed by atoms with Crippen LogP contribution in [0.4, 0.5) is 0 Å². The molecule has 0 bridgehead atoms. The first-order valence-corrected chi connectivity index (χ1v) is 10.4. The predicted octanol–water partition coefficient (Wildman–Crippen LogP) is 7.03. The van der Waals surface area contributed by atoms with Crippen molar-refractivity contribution < 1.29 is 0 Å². The van der Waals surface area contributed by atoms with E-state index in [2.05, 4.69) is 37.3 Å². The van der Waals surface area contributed by atoms with Crippen LogP contribution in [0, 0.1) is 23.7 Å². The van der Waals surface area contributed by atoms with E-state index in [9.17, 15) is 0 Å². The van der Waals surface area contributed by atoms with E-state index in [1.165, 1.54) is 69.8 Å². The summed E-state index contributed by atoms with van der Waals surface area (Å²) in [5.41, 5.74) is 1.53. The Hall–Kier alpha value is -0.780. The lowest BCUT2D eigenvalue weighted by molar-refractivity contribution is 0.141. The molecule has 2 saturated carbocycles. The number of hydrogen-bond acceptors (Lipinski definition) is 0. The summed E-state index contributed by atoms with van der Waals surface area (Å²) >= 11 is 0. The van der Waals surface area contributed by atoms with Crippen LogP contribution >= 0.6 is 0 Å². The van der Waals surface area contributed by atoms with Crippen molar-refractivity contribution in [3.63, 3.8) is 0 Å². The van der Waals surface area contributed by atoms with E-state index in [4.69, 9.17) is 0 Å².